The molecule has 0 aromatic heterocycles. The maximum Gasteiger partial charge on any atom is 0.494 e. The first-order valence-electron chi connectivity index (χ1n) is 8.41. The maximum atomic E-state index is 6.23. The van der Waals surface area contributed by atoms with E-state index in [-0.39, 0.29) is 18.3 Å². The lowest BCUT2D eigenvalue weighted by Crippen LogP contribution is -2.41. The number of rotatable bonds is 4. The fraction of sp³-hybridized carbons (Fsp3) is 0.647. The fourth-order valence-electron chi connectivity index (χ4n) is 3.06. The molecule has 4 nitrogen and oxygen atoms in total. The summed E-state index contributed by atoms with van der Waals surface area (Å²) in [5, 5.41) is 0. The van der Waals surface area contributed by atoms with Gasteiger partial charge in [-0.2, -0.15) is 0 Å². The fourth-order valence-corrected chi connectivity index (χ4v) is 3.67. The predicted molar refractivity (Wildman–Crippen MR) is 98.5 cm³/mol. The normalized spacial score (nSPS) is 22.8. The Balaban J connectivity index is 1.92. The quantitative estimate of drug-likeness (QED) is 0.676. The third-order valence-corrected chi connectivity index (χ3v) is 5.81. The summed E-state index contributed by atoms with van der Waals surface area (Å²) in [4.78, 5) is 3.65. The van der Waals surface area contributed by atoms with Gasteiger partial charge < -0.3 is 14.2 Å². The van der Waals surface area contributed by atoms with E-state index >= 15 is 0 Å². The largest absolute Gasteiger partial charge is 0.494 e. The van der Waals surface area contributed by atoms with Gasteiger partial charge in [-0.3, -0.25) is 4.72 Å². The van der Waals surface area contributed by atoms with E-state index in [1.54, 1.807) is 11.9 Å². The van der Waals surface area contributed by atoms with Crippen LogP contribution in [0.3, 0.4) is 0 Å². The van der Waals surface area contributed by atoms with E-state index in [1.165, 1.54) is 23.4 Å². The summed E-state index contributed by atoms with van der Waals surface area (Å²) < 4.78 is 15.6. The molecule has 0 unspecified atom stereocenters. The Morgan fingerprint density at radius 2 is 1.65 bits per heavy atom. The Morgan fingerprint density at radius 1 is 1.04 bits per heavy atom. The summed E-state index contributed by atoms with van der Waals surface area (Å²) in [5.41, 5.74) is 1.76. The van der Waals surface area contributed by atoms with E-state index in [1.807, 2.05) is 7.05 Å². The Bertz CT molecular complexity index is 558. The maximum absolute atomic E-state index is 6.23. The van der Waals surface area contributed by atoms with Crippen molar-refractivity contribution >= 4 is 30.2 Å². The van der Waals surface area contributed by atoms with Crippen molar-refractivity contribution in [2.45, 2.75) is 56.6 Å². The molecular formula is C17H27BN2O2S. The lowest BCUT2D eigenvalue weighted by Gasteiger charge is -2.32. The van der Waals surface area contributed by atoms with Gasteiger partial charge in [0.2, 0.25) is 0 Å². The first-order valence-corrected chi connectivity index (χ1v) is 9.23. The summed E-state index contributed by atoms with van der Waals surface area (Å²) >= 11 is 1.63. The van der Waals surface area contributed by atoms with Crippen LogP contribution in [-0.2, 0) is 9.31 Å². The highest BCUT2D eigenvalue weighted by Gasteiger charge is 2.51. The second-order valence-corrected chi connectivity index (χ2v) is 8.43. The molecule has 0 aliphatic carbocycles. The minimum Gasteiger partial charge on any atom is -0.399 e. The smallest absolute Gasteiger partial charge is 0.399 e. The number of hydrogen-bond donors (Lipinski definition) is 1. The minimum absolute atomic E-state index is 0.307. The summed E-state index contributed by atoms with van der Waals surface area (Å²) in [7, 11) is 1.64. The van der Waals surface area contributed by atoms with Crippen LogP contribution in [-0.4, -0.2) is 38.5 Å². The van der Waals surface area contributed by atoms with Crippen molar-refractivity contribution in [3.8, 4) is 0 Å². The molecule has 1 N–H and O–H groups in total. The molecule has 1 aromatic rings. The molecule has 126 valence electrons. The van der Waals surface area contributed by atoms with Gasteiger partial charge in [0.25, 0.3) is 0 Å². The second-order valence-electron chi connectivity index (χ2n) is 7.35. The summed E-state index contributed by atoms with van der Waals surface area (Å²) in [5.74, 6) is 0. The highest BCUT2D eigenvalue weighted by atomic mass is 32.2. The second kappa shape index (κ2) is 6.32. The number of benzene rings is 1. The molecule has 3 rings (SSSR count). The van der Waals surface area contributed by atoms with Gasteiger partial charge in [-0.05, 0) is 83.2 Å². The zero-order valence-corrected chi connectivity index (χ0v) is 15.6. The molecule has 0 bridgehead atoms. The van der Waals surface area contributed by atoms with Crippen LogP contribution in [0.1, 0.15) is 40.5 Å². The van der Waals surface area contributed by atoms with Crippen LogP contribution in [0.15, 0.2) is 23.1 Å². The third kappa shape index (κ3) is 3.41. The Kier molecular flexibility index (Phi) is 4.71. The van der Waals surface area contributed by atoms with Gasteiger partial charge in [-0.1, -0.05) is 0 Å². The van der Waals surface area contributed by atoms with Crippen LogP contribution in [0, 0.1) is 0 Å². The zero-order valence-electron chi connectivity index (χ0n) is 14.8. The molecule has 0 spiro atoms. The summed E-state index contributed by atoms with van der Waals surface area (Å²) in [6.45, 7) is 10.7. The first kappa shape index (κ1) is 17.1. The van der Waals surface area contributed by atoms with Crippen molar-refractivity contribution in [3.63, 3.8) is 0 Å². The summed E-state index contributed by atoms with van der Waals surface area (Å²) in [6.07, 6.45) is 2.55. The van der Waals surface area contributed by atoms with Crippen molar-refractivity contribution < 1.29 is 9.31 Å². The van der Waals surface area contributed by atoms with Crippen molar-refractivity contribution in [2.24, 2.45) is 0 Å². The average molecular weight is 334 g/mol. The molecule has 2 heterocycles. The molecule has 2 aliphatic heterocycles. The molecule has 23 heavy (non-hydrogen) atoms. The van der Waals surface area contributed by atoms with Crippen LogP contribution in [0.4, 0.5) is 5.69 Å². The molecule has 1 aromatic carbocycles. The van der Waals surface area contributed by atoms with E-state index < -0.39 is 0 Å². The lowest BCUT2D eigenvalue weighted by molar-refractivity contribution is 0.00578. The van der Waals surface area contributed by atoms with Gasteiger partial charge in [0.1, 0.15) is 0 Å². The highest BCUT2D eigenvalue weighted by Crippen LogP contribution is 2.37. The van der Waals surface area contributed by atoms with Crippen LogP contribution in [0.2, 0.25) is 0 Å². The molecule has 2 saturated heterocycles. The van der Waals surface area contributed by atoms with Crippen molar-refractivity contribution in [2.75, 3.05) is 25.0 Å². The van der Waals surface area contributed by atoms with Crippen molar-refractivity contribution in [1.29, 1.82) is 0 Å². The van der Waals surface area contributed by atoms with Gasteiger partial charge in [-0.15, -0.1) is 0 Å². The molecule has 0 atom stereocenters. The van der Waals surface area contributed by atoms with Crippen LogP contribution >= 0.6 is 11.9 Å². The van der Waals surface area contributed by atoms with Gasteiger partial charge in [-0.25, -0.2) is 0 Å². The molecule has 2 aliphatic rings. The number of nitrogens with zero attached hydrogens (tertiary/aromatic N) is 1. The molecule has 6 heteroatoms. The van der Waals surface area contributed by atoms with E-state index in [9.17, 15) is 0 Å². The highest BCUT2D eigenvalue weighted by molar-refractivity contribution is 7.97. The molecule has 0 amide bonds. The molecule has 2 fully saturated rings. The molecular weight excluding hydrogens is 307 g/mol. The van der Waals surface area contributed by atoms with Crippen LogP contribution in [0.25, 0.3) is 0 Å². The van der Waals surface area contributed by atoms with E-state index in [2.05, 4.69) is 55.5 Å². The van der Waals surface area contributed by atoms with E-state index in [0.29, 0.717) is 0 Å². The van der Waals surface area contributed by atoms with Gasteiger partial charge in [0.15, 0.2) is 0 Å². The zero-order chi connectivity index (χ0) is 16.7. The number of hydrogen-bond acceptors (Lipinski definition) is 5. The van der Waals surface area contributed by atoms with E-state index in [4.69, 9.17) is 9.31 Å². The standard InChI is InChI=1S/C17H27BN2O2S/c1-16(2)17(3,4)22-18(21-16)13-10-14(20-8-6-7-9-20)12-15(11-13)23-19-5/h10-12,19H,6-9H2,1-5H3. The Hall–Kier alpha value is -0.685. The van der Waals surface area contributed by atoms with E-state index in [0.717, 1.165) is 18.6 Å². The third-order valence-electron chi connectivity index (χ3n) is 5.13. The Morgan fingerprint density at radius 3 is 2.22 bits per heavy atom. The van der Waals surface area contributed by atoms with Crippen LogP contribution < -0.4 is 15.1 Å². The SMILES string of the molecule is CNSc1cc(B2OC(C)(C)C(C)(C)O2)cc(N2CCCC2)c1. The molecule has 0 saturated carbocycles. The molecule has 0 radical (unpaired) electrons. The van der Waals surface area contributed by atoms with Gasteiger partial charge in [0.05, 0.1) is 11.2 Å². The number of anilines is 1. The Labute approximate surface area is 144 Å². The number of nitrogens with one attached hydrogen (secondary N) is 1. The summed E-state index contributed by atoms with van der Waals surface area (Å²) in [6, 6.07) is 6.65. The van der Waals surface area contributed by atoms with Crippen molar-refractivity contribution in [1.82, 2.24) is 4.72 Å². The monoisotopic (exact) mass is 334 g/mol. The van der Waals surface area contributed by atoms with Crippen molar-refractivity contribution in [3.05, 3.63) is 18.2 Å². The van der Waals surface area contributed by atoms with Gasteiger partial charge >= 0.3 is 7.12 Å². The average Bonchev–Trinajstić information content (AvgIpc) is 3.06. The predicted octanol–water partition coefficient (Wildman–Crippen LogP) is 2.81. The lowest BCUT2D eigenvalue weighted by atomic mass is 9.79. The minimum atomic E-state index is -0.308. The first-order chi connectivity index (χ1) is 10.8. The van der Waals surface area contributed by atoms with Crippen LogP contribution in [0.5, 0.6) is 0 Å². The van der Waals surface area contributed by atoms with Gasteiger partial charge in [0, 0.05) is 23.7 Å². The topological polar surface area (TPSA) is 33.7 Å².